The Morgan fingerprint density at radius 2 is 1.89 bits per heavy atom. The third-order valence-electron chi connectivity index (χ3n) is 2.71. The molecule has 0 spiro atoms. The fraction of sp³-hybridized carbons (Fsp3) is 0.833. The molecule has 6 heteroatoms. The highest BCUT2D eigenvalue weighted by atomic mass is 16.4. The molecule has 0 bridgehead atoms. The van der Waals surface area contributed by atoms with Crippen molar-refractivity contribution < 1.29 is 19.8 Å². The van der Waals surface area contributed by atoms with Gasteiger partial charge >= 0.3 is 5.97 Å². The number of amides is 1. The van der Waals surface area contributed by atoms with E-state index in [9.17, 15) is 14.7 Å². The van der Waals surface area contributed by atoms with Crippen LogP contribution in [0.5, 0.6) is 0 Å². The summed E-state index contributed by atoms with van der Waals surface area (Å²) in [6.07, 6.45) is 3.41. The summed E-state index contributed by atoms with van der Waals surface area (Å²) in [7, 11) is 0. The molecule has 0 aromatic carbocycles. The van der Waals surface area contributed by atoms with Crippen LogP contribution in [0.15, 0.2) is 0 Å². The molecule has 0 heterocycles. The van der Waals surface area contributed by atoms with Crippen molar-refractivity contribution in [2.75, 3.05) is 6.54 Å². The highest BCUT2D eigenvalue weighted by Crippen LogP contribution is 2.15. The zero-order chi connectivity index (χ0) is 14.2. The first-order chi connectivity index (χ1) is 8.31. The normalized spacial score (nSPS) is 14.3. The van der Waals surface area contributed by atoms with Gasteiger partial charge < -0.3 is 21.3 Å². The Morgan fingerprint density at radius 1 is 1.28 bits per heavy atom. The minimum Gasteiger partial charge on any atom is -0.478 e. The predicted molar refractivity (Wildman–Crippen MR) is 67.7 cm³/mol. The number of hydrogen-bond acceptors (Lipinski definition) is 4. The van der Waals surface area contributed by atoms with Crippen molar-refractivity contribution in [1.29, 1.82) is 0 Å². The van der Waals surface area contributed by atoms with Crippen LogP contribution in [0, 0.1) is 5.92 Å². The van der Waals surface area contributed by atoms with Crippen LogP contribution in [0.25, 0.3) is 0 Å². The second-order valence-corrected chi connectivity index (χ2v) is 4.91. The van der Waals surface area contributed by atoms with Gasteiger partial charge in [0.15, 0.2) is 0 Å². The number of carbonyl (C=O) groups excluding carboxylic acids is 1. The summed E-state index contributed by atoms with van der Waals surface area (Å²) < 4.78 is 0. The lowest BCUT2D eigenvalue weighted by atomic mass is 10.0. The van der Waals surface area contributed by atoms with Crippen LogP contribution in [-0.2, 0) is 9.59 Å². The molecule has 6 nitrogen and oxygen atoms in total. The first-order valence-corrected chi connectivity index (χ1v) is 6.28. The van der Waals surface area contributed by atoms with E-state index in [0.717, 1.165) is 19.3 Å². The summed E-state index contributed by atoms with van der Waals surface area (Å²) in [5.74, 6) is -1.52. The molecule has 0 aliphatic carbocycles. The Labute approximate surface area is 108 Å². The molecule has 0 aliphatic heterocycles. The molecule has 0 fully saturated rings. The standard InChI is InChI=1S/C12H24N2O4/c1-9(2)6-4-3-5-7-12(18,11(16)17)14-10(15)8-13/h9,18H,3-8,13H2,1-2H3,(H,14,15)(H,16,17). The maximum Gasteiger partial charge on any atom is 0.357 e. The van der Waals surface area contributed by atoms with Crippen molar-refractivity contribution in [3.05, 3.63) is 0 Å². The Bertz CT molecular complexity index is 281. The van der Waals surface area contributed by atoms with Gasteiger partial charge in [0.2, 0.25) is 11.6 Å². The molecule has 106 valence electrons. The second-order valence-electron chi connectivity index (χ2n) is 4.91. The molecule has 0 saturated heterocycles. The van der Waals surface area contributed by atoms with Crippen LogP contribution in [0.4, 0.5) is 0 Å². The maximum absolute atomic E-state index is 11.1. The number of carboxylic acid groups (broad SMARTS) is 1. The van der Waals surface area contributed by atoms with E-state index >= 15 is 0 Å². The number of carbonyl (C=O) groups is 2. The molecule has 1 amide bonds. The zero-order valence-electron chi connectivity index (χ0n) is 11.1. The quantitative estimate of drug-likeness (QED) is 0.355. The fourth-order valence-corrected chi connectivity index (χ4v) is 1.61. The molecule has 1 atom stereocenters. The van der Waals surface area contributed by atoms with E-state index in [4.69, 9.17) is 10.8 Å². The van der Waals surface area contributed by atoms with Crippen LogP contribution in [0.1, 0.15) is 46.0 Å². The van der Waals surface area contributed by atoms with E-state index < -0.39 is 17.6 Å². The van der Waals surface area contributed by atoms with Gasteiger partial charge in [0.1, 0.15) is 0 Å². The number of rotatable bonds is 9. The lowest BCUT2D eigenvalue weighted by Crippen LogP contribution is -2.55. The van der Waals surface area contributed by atoms with Crippen LogP contribution in [-0.4, -0.2) is 34.4 Å². The second kappa shape index (κ2) is 8.05. The Hall–Kier alpha value is -1.14. The van der Waals surface area contributed by atoms with Crippen molar-refractivity contribution in [2.24, 2.45) is 11.7 Å². The number of nitrogens with one attached hydrogen (secondary N) is 1. The topological polar surface area (TPSA) is 113 Å². The van der Waals surface area contributed by atoms with Gasteiger partial charge in [-0.05, 0) is 12.3 Å². The van der Waals surface area contributed by atoms with Crippen molar-refractivity contribution in [2.45, 2.75) is 51.7 Å². The van der Waals surface area contributed by atoms with Gasteiger partial charge in [-0.25, -0.2) is 4.79 Å². The molecule has 0 aromatic heterocycles. The third-order valence-corrected chi connectivity index (χ3v) is 2.71. The molecule has 0 radical (unpaired) electrons. The lowest BCUT2D eigenvalue weighted by Gasteiger charge is -2.24. The summed E-state index contributed by atoms with van der Waals surface area (Å²) in [6.45, 7) is 3.90. The highest BCUT2D eigenvalue weighted by Gasteiger charge is 2.36. The number of aliphatic carboxylic acids is 1. The smallest absolute Gasteiger partial charge is 0.357 e. The average molecular weight is 260 g/mol. The lowest BCUT2D eigenvalue weighted by molar-refractivity contribution is -0.166. The van der Waals surface area contributed by atoms with E-state index in [2.05, 4.69) is 13.8 Å². The van der Waals surface area contributed by atoms with Crippen LogP contribution in [0.2, 0.25) is 0 Å². The molecule has 18 heavy (non-hydrogen) atoms. The third kappa shape index (κ3) is 6.56. The molecular weight excluding hydrogens is 236 g/mol. The summed E-state index contributed by atoms with van der Waals surface area (Å²) in [5.41, 5.74) is 2.87. The van der Waals surface area contributed by atoms with Crippen molar-refractivity contribution in [1.82, 2.24) is 5.32 Å². The zero-order valence-corrected chi connectivity index (χ0v) is 11.1. The SMILES string of the molecule is CC(C)CCCCCC(O)(NC(=O)CN)C(=O)O. The minimum atomic E-state index is -2.20. The highest BCUT2D eigenvalue weighted by molar-refractivity contribution is 5.86. The van der Waals surface area contributed by atoms with Gasteiger partial charge in [-0.1, -0.05) is 33.1 Å². The van der Waals surface area contributed by atoms with Gasteiger partial charge in [-0.15, -0.1) is 0 Å². The van der Waals surface area contributed by atoms with Gasteiger partial charge in [-0.3, -0.25) is 4.79 Å². The summed E-state index contributed by atoms with van der Waals surface area (Å²) in [5, 5.41) is 20.8. The molecule has 5 N–H and O–H groups in total. The molecular formula is C12H24N2O4. The Morgan fingerprint density at radius 3 is 2.33 bits per heavy atom. The summed E-state index contributed by atoms with van der Waals surface area (Å²) >= 11 is 0. The number of carboxylic acids is 1. The number of nitrogens with two attached hydrogens (primary N) is 1. The van der Waals surface area contributed by atoms with Crippen molar-refractivity contribution >= 4 is 11.9 Å². The Balaban J connectivity index is 4.11. The Kier molecular flexibility index (Phi) is 7.54. The summed E-state index contributed by atoms with van der Waals surface area (Å²) in [4.78, 5) is 22.0. The predicted octanol–water partition coefficient (Wildman–Crippen LogP) is 0.441. The van der Waals surface area contributed by atoms with Crippen molar-refractivity contribution in [3.63, 3.8) is 0 Å². The van der Waals surface area contributed by atoms with Crippen LogP contribution >= 0.6 is 0 Å². The monoisotopic (exact) mass is 260 g/mol. The van der Waals surface area contributed by atoms with Crippen LogP contribution < -0.4 is 11.1 Å². The van der Waals surface area contributed by atoms with E-state index in [0.29, 0.717) is 12.3 Å². The van der Waals surface area contributed by atoms with E-state index in [-0.39, 0.29) is 13.0 Å². The first-order valence-electron chi connectivity index (χ1n) is 6.28. The molecule has 0 rings (SSSR count). The van der Waals surface area contributed by atoms with E-state index in [1.807, 2.05) is 5.32 Å². The number of hydrogen-bond donors (Lipinski definition) is 4. The van der Waals surface area contributed by atoms with Gasteiger partial charge in [0.25, 0.3) is 0 Å². The minimum absolute atomic E-state index is 0.00777. The first kappa shape index (κ1) is 16.9. The number of unbranched alkanes of at least 4 members (excludes halogenated alkanes) is 2. The molecule has 1 unspecified atom stereocenters. The van der Waals surface area contributed by atoms with Crippen molar-refractivity contribution in [3.8, 4) is 0 Å². The fourth-order valence-electron chi connectivity index (χ4n) is 1.61. The molecule has 0 saturated carbocycles. The summed E-state index contributed by atoms with van der Waals surface area (Å²) in [6, 6.07) is 0. The molecule has 0 aromatic rings. The van der Waals surface area contributed by atoms with Gasteiger partial charge in [0.05, 0.1) is 6.54 Å². The van der Waals surface area contributed by atoms with E-state index in [1.165, 1.54) is 0 Å². The van der Waals surface area contributed by atoms with Gasteiger partial charge in [0, 0.05) is 6.42 Å². The number of aliphatic hydroxyl groups is 1. The maximum atomic E-state index is 11.1. The largest absolute Gasteiger partial charge is 0.478 e. The average Bonchev–Trinajstić information content (AvgIpc) is 2.27. The van der Waals surface area contributed by atoms with Gasteiger partial charge in [-0.2, -0.15) is 0 Å². The van der Waals surface area contributed by atoms with E-state index in [1.54, 1.807) is 0 Å². The molecule has 0 aliphatic rings. The van der Waals surface area contributed by atoms with Crippen LogP contribution in [0.3, 0.4) is 0 Å².